The van der Waals surface area contributed by atoms with Crippen LogP contribution in [0.15, 0.2) is 27.6 Å². The van der Waals surface area contributed by atoms with Gasteiger partial charge in [0.05, 0.1) is 11.4 Å². The molecule has 2 aliphatic rings. The molecule has 0 saturated carbocycles. The maximum absolute atomic E-state index is 13.1. The molecule has 0 radical (unpaired) electrons. The molecule has 0 N–H and O–H groups in total. The van der Waals surface area contributed by atoms with Crippen molar-refractivity contribution < 1.29 is 12.9 Å². The first kappa shape index (κ1) is 20.5. The van der Waals surface area contributed by atoms with Crippen LogP contribution >= 0.6 is 0 Å². The zero-order valence-electron chi connectivity index (χ0n) is 17.3. The van der Waals surface area contributed by atoms with Gasteiger partial charge < -0.3 is 4.52 Å². The summed E-state index contributed by atoms with van der Waals surface area (Å²) in [6, 6.07) is 5.67. The first-order valence-electron chi connectivity index (χ1n) is 10.6. The molecule has 0 bridgehead atoms. The predicted octanol–water partition coefficient (Wildman–Crippen LogP) is 2.65. The fourth-order valence-electron chi connectivity index (χ4n) is 4.14. The van der Waals surface area contributed by atoms with Crippen LogP contribution in [0.25, 0.3) is 0 Å². The molecule has 1 fully saturated rings. The highest BCUT2D eigenvalue weighted by Crippen LogP contribution is 2.26. The van der Waals surface area contributed by atoms with E-state index in [2.05, 4.69) is 28.9 Å². The fourth-order valence-corrected chi connectivity index (χ4v) is 5.61. The first-order chi connectivity index (χ1) is 13.9. The van der Waals surface area contributed by atoms with Crippen LogP contribution in [-0.2, 0) is 35.8 Å². The zero-order valence-corrected chi connectivity index (χ0v) is 18.1. The van der Waals surface area contributed by atoms with Gasteiger partial charge in [-0.2, -0.15) is 9.29 Å². The number of hydrogen-bond acceptors (Lipinski definition) is 6. The molecule has 4 rings (SSSR count). The molecule has 2 aromatic rings. The maximum Gasteiger partial charge on any atom is 0.243 e. The van der Waals surface area contributed by atoms with Crippen LogP contribution in [0.4, 0.5) is 0 Å². The van der Waals surface area contributed by atoms with Gasteiger partial charge >= 0.3 is 0 Å². The number of aryl methyl sites for hydroxylation is 2. The molecule has 0 unspecified atom stereocenters. The Labute approximate surface area is 173 Å². The van der Waals surface area contributed by atoms with Gasteiger partial charge in [0.2, 0.25) is 15.9 Å². The lowest BCUT2D eigenvalue weighted by molar-refractivity contribution is 0.163. The highest BCUT2D eigenvalue weighted by molar-refractivity contribution is 7.89. The summed E-state index contributed by atoms with van der Waals surface area (Å²) in [4.78, 5) is 7.05. The third kappa shape index (κ3) is 4.70. The van der Waals surface area contributed by atoms with Crippen molar-refractivity contribution in [3.05, 3.63) is 41.0 Å². The van der Waals surface area contributed by atoms with E-state index in [0.29, 0.717) is 49.4 Å². The van der Waals surface area contributed by atoms with Gasteiger partial charge in [0.1, 0.15) is 0 Å². The Hall–Kier alpha value is -1.77. The van der Waals surface area contributed by atoms with E-state index < -0.39 is 10.0 Å². The number of sulfonamides is 1. The summed E-state index contributed by atoms with van der Waals surface area (Å²) in [5.74, 6) is 1.83. The normalized spacial score (nSPS) is 18.9. The summed E-state index contributed by atoms with van der Waals surface area (Å²) < 4.78 is 33.2. The average Bonchev–Trinajstić information content (AvgIpc) is 3.14. The Morgan fingerprint density at radius 2 is 1.79 bits per heavy atom. The standard InChI is InChI=1S/C21H30N4O3S/c1-16(2)13-20-22-21(28-23-20)15-24-9-11-25(12-10-24)29(26,27)19-8-7-17-5-3-4-6-18(17)14-19/h7-8,14,16H,3-6,9-13,15H2,1-2H3. The van der Waals surface area contributed by atoms with Gasteiger partial charge in [-0.25, -0.2) is 8.42 Å². The maximum atomic E-state index is 13.1. The lowest BCUT2D eigenvalue weighted by atomic mass is 9.92. The number of benzene rings is 1. The number of fused-ring (bicyclic) bond motifs is 1. The number of rotatable bonds is 6. The third-order valence-corrected chi connectivity index (χ3v) is 7.64. The predicted molar refractivity (Wildman–Crippen MR) is 110 cm³/mol. The molecule has 0 amide bonds. The molecule has 1 saturated heterocycles. The van der Waals surface area contributed by atoms with Gasteiger partial charge in [-0.15, -0.1) is 0 Å². The number of nitrogens with zero attached hydrogens (tertiary/aromatic N) is 4. The summed E-state index contributed by atoms with van der Waals surface area (Å²) in [5, 5.41) is 4.03. The number of piperazine rings is 1. The Kier molecular flexibility index (Phi) is 6.03. The minimum Gasteiger partial charge on any atom is -0.338 e. The second-order valence-corrected chi connectivity index (χ2v) is 10.5. The van der Waals surface area contributed by atoms with E-state index in [-0.39, 0.29) is 0 Å². The zero-order chi connectivity index (χ0) is 20.4. The summed E-state index contributed by atoms with van der Waals surface area (Å²) >= 11 is 0. The van der Waals surface area contributed by atoms with Crippen molar-refractivity contribution in [2.75, 3.05) is 26.2 Å². The van der Waals surface area contributed by atoms with Crippen molar-refractivity contribution in [1.82, 2.24) is 19.3 Å². The minimum atomic E-state index is -3.45. The van der Waals surface area contributed by atoms with Crippen molar-refractivity contribution >= 4 is 10.0 Å². The van der Waals surface area contributed by atoms with Crippen LogP contribution in [0.5, 0.6) is 0 Å². The summed E-state index contributed by atoms with van der Waals surface area (Å²) in [6.07, 6.45) is 5.18. The highest BCUT2D eigenvalue weighted by atomic mass is 32.2. The van der Waals surface area contributed by atoms with Gasteiger partial charge in [0, 0.05) is 32.6 Å². The second-order valence-electron chi connectivity index (χ2n) is 8.52. The van der Waals surface area contributed by atoms with E-state index in [1.54, 1.807) is 10.4 Å². The fraction of sp³-hybridized carbons (Fsp3) is 0.619. The second kappa shape index (κ2) is 8.53. The molecule has 8 heteroatoms. The summed E-state index contributed by atoms with van der Waals surface area (Å²) in [7, 11) is -3.45. The molecule has 158 valence electrons. The van der Waals surface area contributed by atoms with Gasteiger partial charge in [0.15, 0.2) is 5.82 Å². The van der Waals surface area contributed by atoms with E-state index in [9.17, 15) is 8.42 Å². The van der Waals surface area contributed by atoms with Crippen LogP contribution in [0.2, 0.25) is 0 Å². The molecule has 1 aliphatic heterocycles. The van der Waals surface area contributed by atoms with Crippen LogP contribution < -0.4 is 0 Å². The number of hydrogen-bond donors (Lipinski definition) is 0. The van der Waals surface area contributed by atoms with Crippen LogP contribution in [-0.4, -0.2) is 53.9 Å². The van der Waals surface area contributed by atoms with Crippen LogP contribution in [0.1, 0.15) is 49.5 Å². The molecule has 1 aromatic heterocycles. The third-order valence-electron chi connectivity index (χ3n) is 5.75. The summed E-state index contributed by atoms with van der Waals surface area (Å²) in [5.41, 5.74) is 2.50. The van der Waals surface area contributed by atoms with Crippen LogP contribution in [0.3, 0.4) is 0 Å². The quantitative estimate of drug-likeness (QED) is 0.718. The van der Waals surface area contributed by atoms with E-state index >= 15 is 0 Å². The summed E-state index contributed by atoms with van der Waals surface area (Å²) in [6.45, 7) is 7.09. The molecule has 2 heterocycles. The Morgan fingerprint density at radius 3 is 2.52 bits per heavy atom. The average molecular weight is 419 g/mol. The van der Waals surface area contributed by atoms with E-state index in [0.717, 1.165) is 31.5 Å². The lowest BCUT2D eigenvalue weighted by Crippen LogP contribution is -2.48. The monoisotopic (exact) mass is 418 g/mol. The molecule has 7 nitrogen and oxygen atoms in total. The molecular weight excluding hydrogens is 388 g/mol. The molecular formula is C21H30N4O3S. The Balaban J connectivity index is 1.37. The topological polar surface area (TPSA) is 79.5 Å². The van der Waals surface area contributed by atoms with Crippen LogP contribution in [0, 0.1) is 5.92 Å². The largest absolute Gasteiger partial charge is 0.338 e. The molecule has 1 aromatic carbocycles. The lowest BCUT2D eigenvalue weighted by Gasteiger charge is -2.33. The first-order valence-corrected chi connectivity index (χ1v) is 12.0. The minimum absolute atomic E-state index is 0.432. The van der Waals surface area contributed by atoms with Crippen molar-refractivity contribution in [2.24, 2.45) is 5.92 Å². The van der Waals surface area contributed by atoms with Crippen molar-refractivity contribution in [1.29, 1.82) is 0 Å². The van der Waals surface area contributed by atoms with Crippen molar-refractivity contribution in [3.8, 4) is 0 Å². The van der Waals surface area contributed by atoms with Gasteiger partial charge in [-0.1, -0.05) is 25.1 Å². The van der Waals surface area contributed by atoms with Gasteiger partial charge in [-0.3, -0.25) is 4.90 Å². The van der Waals surface area contributed by atoms with E-state index in [4.69, 9.17) is 4.52 Å². The van der Waals surface area contributed by atoms with Gasteiger partial charge in [-0.05, 0) is 54.9 Å². The highest BCUT2D eigenvalue weighted by Gasteiger charge is 2.29. The SMILES string of the molecule is CC(C)Cc1noc(CN2CCN(S(=O)(=O)c3ccc4c(c3)CCCC4)CC2)n1. The molecule has 0 atom stereocenters. The van der Waals surface area contributed by atoms with Crippen molar-refractivity contribution in [3.63, 3.8) is 0 Å². The van der Waals surface area contributed by atoms with Crippen molar-refractivity contribution in [2.45, 2.75) is 57.4 Å². The molecule has 1 aliphatic carbocycles. The molecule has 0 spiro atoms. The van der Waals surface area contributed by atoms with E-state index in [1.165, 1.54) is 17.5 Å². The number of aromatic nitrogens is 2. The molecule has 29 heavy (non-hydrogen) atoms. The van der Waals surface area contributed by atoms with Gasteiger partial charge in [0.25, 0.3) is 0 Å². The van der Waals surface area contributed by atoms with E-state index in [1.807, 2.05) is 12.1 Å². The Bertz CT molecular complexity index is 947. The smallest absolute Gasteiger partial charge is 0.243 e. The Morgan fingerprint density at radius 1 is 1.07 bits per heavy atom.